The number of rotatable bonds is 5. The molecule has 0 aliphatic heterocycles. The molecule has 0 aliphatic carbocycles. The van der Waals surface area contributed by atoms with E-state index in [9.17, 15) is 0 Å². The molecule has 0 saturated heterocycles. The summed E-state index contributed by atoms with van der Waals surface area (Å²) in [6.45, 7) is 0. The SMILES string of the molecule is c1ccc(-c2nc(-c3ccccc3)nc(-c3cccc4sc5cccc(-c6nc(-c7ccccc7)c7ccccc7n6)c5c34)n2)cc1. The molecule has 0 radical (unpaired) electrons. The lowest BCUT2D eigenvalue weighted by Gasteiger charge is -2.12. The van der Waals surface area contributed by atoms with Crippen molar-refractivity contribution < 1.29 is 0 Å². The van der Waals surface area contributed by atoms with E-state index in [2.05, 4.69) is 60.7 Å². The van der Waals surface area contributed by atoms with Crippen LogP contribution in [0.25, 0.3) is 87.9 Å². The van der Waals surface area contributed by atoms with Gasteiger partial charge in [0.1, 0.15) is 0 Å². The van der Waals surface area contributed by atoms with Crippen molar-refractivity contribution in [2.75, 3.05) is 0 Å². The fourth-order valence-corrected chi connectivity index (χ4v) is 7.34. The number of thiophene rings is 1. The van der Waals surface area contributed by atoms with Gasteiger partial charge in [0, 0.05) is 53.4 Å². The normalized spacial score (nSPS) is 11.4. The molecule has 0 unspecified atom stereocenters. The first kappa shape index (κ1) is 27.2. The van der Waals surface area contributed by atoms with Gasteiger partial charge in [0.05, 0.1) is 11.2 Å². The minimum Gasteiger partial charge on any atom is -0.228 e. The van der Waals surface area contributed by atoms with Crippen LogP contribution >= 0.6 is 11.3 Å². The van der Waals surface area contributed by atoms with Crippen molar-refractivity contribution in [1.82, 2.24) is 24.9 Å². The lowest BCUT2D eigenvalue weighted by Crippen LogP contribution is -2.00. The van der Waals surface area contributed by atoms with Crippen LogP contribution in [-0.4, -0.2) is 24.9 Å². The van der Waals surface area contributed by atoms with E-state index in [1.165, 1.54) is 0 Å². The van der Waals surface area contributed by atoms with E-state index in [0.29, 0.717) is 23.3 Å². The lowest BCUT2D eigenvalue weighted by atomic mass is 10.00. The number of para-hydroxylation sites is 1. The van der Waals surface area contributed by atoms with E-state index >= 15 is 0 Å². The Hall–Kier alpha value is -6.11. The largest absolute Gasteiger partial charge is 0.228 e. The molecule has 6 aromatic carbocycles. The Labute approximate surface area is 275 Å². The zero-order chi connectivity index (χ0) is 31.2. The summed E-state index contributed by atoms with van der Waals surface area (Å²) in [7, 11) is 0. The summed E-state index contributed by atoms with van der Waals surface area (Å²) in [6, 6.07) is 51.5. The number of fused-ring (bicyclic) bond motifs is 4. The molecule has 0 N–H and O–H groups in total. The Morgan fingerprint density at radius 2 is 0.809 bits per heavy atom. The van der Waals surface area contributed by atoms with E-state index in [-0.39, 0.29) is 0 Å². The molecule has 0 fully saturated rings. The molecule has 0 spiro atoms. The predicted octanol–water partition coefficient (Wildman–Crippen LogP) is 10.5. The van der Waals surface area contributed by atoms with Gasteiger partial charge >= 0.3 is 0 Å². The highest BCUT2D eigenvalue weighted by Crippen LogP contribution is 2.44. The lowest BCUT2D eigenvalue weighted by molar-refractivity contribution is 1.08. The summed E-state index contributed by atoms with van der Waals surface area (Å²) in [4.78, 5) is 25.5. The number of aromatic nitrogens is 5. The molecule has 6 heteroatoms. The van der Waals surface area contributed by atoms with E-state index < -0.39 is 0 Å². The van der Waals surface area contributed by atoms with Crippen LogP contribution in [0.3, 0.4) is 0 Å². The van der Waals surface area contributed by atoms with E-state index in [1.54, 1.807) is 11.3 Å². The van der Waals surface area contributed by atoms with Gasteiger partial charge in [-0.1, -0.05) is 133 Å². The summed E-state index contributed by atoms with van der Waals surface area (Å²) >= 11 is 1.76. The minimum atomic E-state index is 0.627. The van der Waals surface area contributed by atoms with Crippen LogP contribution in [0.1, 0.15) is 0 Å². The van der Waals surface area contributed by atoms with Crippen LogP contribution < -0.4 is 0 Å². The van der Waals surface area contributed by atoms with Crippen molar-refractivity contribution in [3.05, 3.63) is 152 Å². The zero-order valence-corrected chi connectivity index (χ0v) is 25.9. The third kappa shape index (κ3) is 4.83. The maximum atomic E-state index is 5.24. The van der Waals surface area contributed by atoms with E-state index in [0.717, 1.165) is 64.6 Å². The molecular weight excluding hydrogens is 595 g/mol. The fourth-order valence-electron chi connectivity index (χ4n) is 6.18. The first-order valence-corrected chi connectivity index (χ1v) is 16.3. The van der Waals surface area contributed by atoms with Crippen molar-refractivity contribution in [2.45, 2.75) is 0 Å². The number of nitrogens with zero attached hydrogens (tertiary/aromatic N) is 5. The molecule has 0 bridgehead atoms. The van der Waals surface area contributed by atoms with Gasteiger partial charge in [-0.05, 0) is 18.2 Å². The van der Waals surface area contributed by atoms with Gasteiger partial charge in [0.25, 0.3) is 0 Å². The second kappa shape index (κ2) is 11.4. The second-order valence-electron chi connectivity index (χ2n) is 11.3. The van der Waals surface area contributed by atoms with Gasteiger partial charge in [-0.2, -0.15) is 0 Å². The first-order chi connectivity index (χ1) is 23.3. The highest BCUT2D eigenvalue weighted by molar-refractivity contribution is 7.26. The van der Waals surface area contributed by atoms with E-state index in [4.69, 9.17) is 24.9 Å². The van der Waals surface area contributed by atoms with Crippen molar-refractivity contribution in [1.29, 1.82) is 0 Å². The van der Waals surface area contributed by atoms with Crippen molar-refractivity contribution >= 4 is 42.4 Å². The van der Waals surface area contributed by atoms with Crippen LogP contribution in [0.5, 0.6) is 0 Å². The Morgan fingerprint density at radius 3 is 1.38 bits per heavy atom. The Balaban J connectivity index is 1.32. The van der Waals surface area contributed by atoms with E-state index in [1.807, 2.05) is 91.0 Å². The van der Waals surface area contributed by atoms with Gasteiger partial charge in [-0.25, -0.2) is 24.9 Å². The molecule has 220 valence electrons. The standard InChI is InChI=1S/C41H25N5S/c1-4-14-26(15-5-1)37-29-20-10-11-23-32(29)42-40(43-37)30-21-12-24-33-35(30)36-31(22-13-25-34(36)47-33)41-45-38(27-16-6-2-7-17-27)44-39(46-41)28-18-8-3-9-19-28/h1-25H. The second-order valence-corrected chi connectivity index (χ2v) is 12.4. The summed E-state index contributed by atoms with van der Waals surface area (Å²) in [5.74, 6) is 2.59. The summed E-state index contributed by atoms with van der Waals surface area (Å²) in [6.07, 6.45) is 0. The number of hydrogen-bond donors (Lipinski definition) is 0. The quantitative estimate of drug-likeness (QED) is 0.192. The van der Waals surface area contributed by atoms with Crippen LogP contribution in [0.2, 0.25) is 0 Å². The fraction of sp³-hybridized carbons (Fsp3) is 0. The Bertz CT molecular complexity index is 2510. The topological polar surface area (TPSA) is 64.5 Å². The maximum Gasteiger partial charge on any atom is 0.164 e. The van der Waals surface area contributed by atoms with Crippen LogP contribution in [0.4, 0.5) is 0 Å². The van der Waals surface area contributed by atoms with Crippen molar-refractivity contribution in [3.8, 4) is 56.8 Å². The van der Waals surface area contributed by atoms with Crippen LogP contribution in [-0.2, 0) is 0 Å². The molecule has 9 rings (SSSR count). The van der Waals surface area contributed by atoms with Gasteiger partial charge in [0.2, 0.25) is 0 Å². The maximum absolute atomic E-state index is 5.24. The molecule has 47 heavy (non-hydrogen) atoms. The van der Waals surface area contributed by atoms with Gasteiger partial charge in [-0.15, -0.1) is 11.3 Å². The molecule has 0 saturated carbocycles. The monoisotopic (exact) mass is 619 g/mol. The third-order valence-electron chi connectivity index (χ3n) is 8.35. The summed E-state index contributed by atoms with van der Waals surface area (Å²) in [5, 5.41) is 3.21. The predicted molar refractivity (Wildman–Crippen MR) is 193 cm³/mol. The smallest absolute Gasteiger partial charge is 0.164 e. The summed E-state index contributed by atoms with van der Waals surface area (Å²) in [5.41, 5.74) is 6.68. The molecule has 0 atom stereocenters. The highest BCUT2D eigenvalue weighted by atomic mass is 32.1. The number of hydrogen-bond acceptors (Lipinski definition) is 6. The molecular formula is C41H25N5S. The molecule has 0 amide bonds. The average Bonchev–Trinajstić information content (AvgIpc) is 3.54. The van der Waals surface area contributed by atoms with Gasteiger partial charge in [-0.3, -0.25) is 0 Å². The molecule has 0 aliphatic rings. The highest BCUT2D eigenvalue weighted by Gasteiger charge is 2.20. The van der Waals surface area contributed by atoms with Crippen LogP contribution in [0, 0.1) is 0 Å². The Kier molecular flexibility index (Phi) is 6.58. The first-order valence-electron chi connectivity index (χ1n) is 15.4. The number of benzene rings is 6. The van der Waals surface area contributed by atoms with Gasteiger partial charge < -0.3 is 0 Å². The zero-order valence-electron chi connectivity index (χ0n) is 25.1. The van der Waals surface area contributed by atoms with Crippen LogP contribution in [0.15, 0.2) is 152 Å². The third-order valence-corrected chi connectivity index (χ3v) is 9.47. The van der Waals surface area contributed by atoms with Gasteiger partial charge in [0.15, 0.2) is 23.3 Å². The molecule has 3 heterocycles. The molecule has 5 nitrogen and oxygen atoms in total. The van der Waals surface area contributed by atoms with Crippen molar-refractivity contribution in [2.24, 2.45) is 0 Å². The minimum absolute atomic E-state index is 0.627. The average molecular weight is 620 g/mol. The molecule has 3 aromatic heterocycles. The molecule has 9 aromatic rings. The Morgan fingerprint density at radius 1 is 0.340 bits per heavy atom. The summed E-state index contributed by atoms with van der Waals surface area (Å²) < 4.78 is 2.31. The van der Waals surface area contributed by atoms with Crippen molar-refractivity contribution in [3.63, 3.8) is 0 Å².